The molecule has 1 aromatic heterocycles. The minimum Gasteiger partial charge on any atom is -0.393 e. The van der Waals surface area contributed by atoms with Gasteiger partial charge in [0.05, 0.1) is 17.4 Å². The average Bonchev–Trinajstić information content (AvgIpc) is 3.09. The van der Waals surface area contributed by atoms with Crippen molar-refractivity contribution >= 4 is 23.0 Å². The SMILES string of the molecule is Nc1c(NCC2CCCO2)ncnc1Nc1ccccc1C(F)(F)F. The fourth-order valence-electron chi connectivity index (χ4n) is 2.62. The Morgan fingerprint density at radius 2 is 1.96 bits per heavy atom. The van der Waals surface area contributed by atoms with Gasteiger partial charge in [-0.2, -0.15) is 13.2 Å². The Bertz CT molecular complexity index is 732. The molecule has 2 heterocycles. The molecule has 1 unspecified atom stereocenters. The van der Waals surface area contributed by atoms with Gasteiger partial charge in [0.2, 0.25) is 0 Å². The molecule has 0 radical (unpaired) electrons. The largest absolute Gasteiger partial charge is 0.418 e. The van der Waals surface area contributed by atoms with E-state index in [2.05, 4.69) is 20.6 Å². The van der Waals surface area contributed by atoms with Crippen molar-refractivity contribution in [2.24, 2.45) is 0 Å². The molecule has 0 amide bonds. The van der Waals surface area contributed by atoms with E-state index in [4.69, 9.17) is 10.5 Å². The number of hydrogen-bond donors (Lipinski definition) is 3. The van der Waals surface area contributed by atoms with Crippen LogP contribution in [0.5, 0.6) is 0 Å². The van der Waals surface area contributed by atoms with E-state index < -0.39 is 11.7 Å². The van der Waals surface area contributed by atoms with Crippen molar-refractivity contribution in [3.8, 4) is 0 Å². The van der Waals surface area contributed by atoms with E-state index in [1.54, 1.807) is 0 Å². The van der Waals surface area contributed by atoms with Crippen LogP contribution in [0.1, 0.15) is 18.4 Å². The highest BCUT2D eigenvalue weighted by molar-refractivity contribution is 5.78. The van der Waals surface area contributed by atoms with Crippen LogP contribution in [0.3, 0.4) is 0 Å². The normalized spacial score (nSPS) is 17.5. The molecule has 6 nitrogen and oxygen atoms in total. The van der Waals surface area contributed by atoms with Crippen LogP contribution in [0.4, 0.5) is 36.2 Å². The average molecular weight is 353 g/mol. The third-order valence-electron chi connectivity index (χ3n) is 3.89. The summed E-state index contributed by atoms with van der Waals surface area (Å²) in [5.74, 6) is 0.471. The summed E-state index contributed by atoms with van der Waals surface area (Å²) in [5, 5.41) is 5.71. The van der Waals surface area contributed by atoms with Crippen LogP contribution < -0.4 is 16.4 Å². The highest BCUT2D eigenvalue weighted by Crippen LogP contribution is 2.36. The molecule has 1 aliphatic rings. The summed E-state index contributed by atoms with van der Waals surface area (Å²) < 4.78 is 44.8. The molecule has 4 N–H and O–H groups in total. The van der Waals surface area contributed by atoms with Gasteiger partial charge in [-0.05, 0) is 25.0 Å². The predicted molar refractivity (Wildman–Crippen MR) is 88.6 cm³/mol. The van der Waals surface area contributed by atoms with Gasteiger partial charge in [-0.25, -0.2) is 9.97 Å². The minimum atomic E-state index is -4.48. The van der Waals surface area contributed by atoms with Crippen LogP contribution in [0.15, 0.2) is 30.6 Å². The summed E-state index contributed by atoms with van der Waals surface area (Å²) in [6.45, 7) is 1.26. The molecule has 1 saturated heterocycles. The summed E-state index contributed by atoms with van der Waals surface area (Å²) in [6.07, 6.45) is -1.20. The molecule has 0 bridgehead atoms. The molecule has 1 atom stereocenters. The molecule has 134 valence electrons. The van der Waals surface area contributed by atoms with Gasteiger partial charge in [0.1, 0.15) is 12.0 Å². The maximum Gasteiger partial charge on any atom is 0.418 e. The van der Waals surface area contributed by atoms with Crippen molar-refractivity contribution in [1.29, 1.82) is 0 Å². The van der Waals surface area contributed by atoms with E-state index in [-0.39, 0.29) is 23.3 Å². The lowest BCUT2D eigenvalue weighted by atomic mass is 10.1. The number of ether oxygens (including phenoxy) is 1. The molecule has 1 aliphatic heterocycles. The molecule has 0 aliphatic carbocycles. The highest BCUT2D eigenvalue weighted by atomic mass is 19.4. The van der Waals surface area contributed by atoms with Crippen LogP contribution in [-0.2, 0) is 10.9 Å². The number of hydrogen-bond acceptors (Lipinski definition) is 6. The Morgan fingerprint density at radius 1 is 1.20 bits per heavy atom. The molecule has 0 spiro atoms. The second-order valence-electron chi connectivity index (χ2n) is 5.67. The summed E-state index contributed by atoms with van der Waals surface area (Å²) >= 11 is 0. The van der Waals surface area contributed by atoms with Gasteiger partial charge in [-0.3, -0.25) is 0 Å². The lowest BCUT2D eigenvalue weighted by Gasteiger charge is -2.17. The first-order valence-electron chi connectivity index (χ1n) is 7.84. The minimum absolute atomic E-state index is 0.0803. The Labute approximate surface area is 142 Å². The molecule has 1 aromatic carbocycles. The fourth-order valence-corrected chi connectivity index (χ4v) is 2.62. The molecule has 1 fully saturated rings. The van der Waals surface area contributed by atoms with Gasteiger partial charge in [0, 0.05) is 13.2 Å². The van der Waals surface area contributed by atoms with Gasteiger partial charge in [-0.1, -0.05) is 12.1 Å². The number of aromatic nitrogens is 2. The quantitative estimate of drug-likeness (QED) is 0.764. The van der Waals surface area contributed by atoms with E-state index in [0.717, 1.165) is 25.5 Å². The summed E-state index contributed by atoms with van der Waals surface area (Å²) in [6, 6.07) is 5.15. The number of halogens is 3. The van der Waals surface area contributed by atoms with E-state index in [0.29, 0.717) is 12.4 Å². The maximum atomic E-state index is 13.1. The zero-order valence-electron chi connectivity index (χ0n) is 13.3. The monoisotopic (exact) mass is 353 g/mol. The predicted octanol–water partition coefficient (Wildman–Crippen LogP) is 3.41. The van der Waals surface area contributed by atoms with Gasteiger partial charge in [0.25, 0.3) is 0 Å². The first kappa shape index (κ1) is 17.3. The second kappa shape index (κ2) is 7.14. The van der Waals surface area contributed by atoms with Crippen molar-refractivity contribution < 1.29 is 17.9 Å². The standard InChI is InChI=1S/C16H18F3N5O/c17-16(18,19)11-5-1-2-6-12(11)24-15-13(20)14(22-9-23-15)21-8-10-4-3-7-25-10/h1-2,5-6,9-10H,3-4,7-8,20H2,(H2,21,22,23,24). The molecule has 9 heteroatoms. The third kappa shape index (κ3) is 4.11. The zero-order chi connectivity index (χ0) is 17.9. The fraction of sp³-hybridized carbons (Fsp3) is 0.375. The summed E-state index contributed by atoms with van der Waals surface area (Å²) in [4.78, 5) is 8.00. The topological polar surface area (TPSA) is 85.1 Å². The van der Waals surface area contributed by atoms with Gasteiger partial charge in [-0.15, -0.1) is 0 Å². The number of alkyl halides is 3. The molecular weight excluding hydrogens is 335 g/mol. The van der Waals surface area contributed by atoms with Crippen LogP contribution in [0.2, 0.25) is 0 Å². The van der Waals surface area contributed by atoms with Gasteiger partial charge in [0.15, 0.2) is 11.6 Å². The van der Waals surface area contributed by atoms with Crippen LogP contribution in [-0.4, -0.2) is 29.2 Å². The van der Waals surface area contributed by atoms with E-state index >= 15 is 0 Å². The van der Waals surface area contributed by atoms with Crippen molar-refractivity contribution in [2.75, 3.05) is 29.5 Å². The smallest absolute Gasteiger partial charge is 0.393 e. The van der Waals surface area contributed by atoms with Gasteiger partial charge >= 0.3 is 6.18 Å². The number of nitrogens with one attached hydrogen (secondary N) is 2. The summed E-state index contributed by atoms with van der Waals surface area (Å²) in [7, 11) is 0. The number of nitrogens with zero attached hydrogens (tertiary/aromatic N) is 2. The Balaban J connectivity index is 1.78. The molecule has 25 heavy (non-hydrogen) atoms. The number of nitrogen functional groups attached to an aromatic ring is 1. The van der Waals surface area contributed by atoms with E-state index in [1.165, 1.54) is 24.5 Å². The Hall–Kier alpha value is -2.55. The highest BCUT2D eigenvalue weighted by Gasteiger charge is 2.33. The lowest BCUT2D eigenvalue weighted by molar-refractivity contribution is -0.136. The zero-order valence-corrected chi connectivity index (χ0v) is 13.3. The number of para-hydroxylation sites is 1. The molecule has 0 saturated carbocycles. The lowest BCUT2D eigenvalue weighted by Crippen LogP contribution is -2.20. The van der Waals surface area contributed by atoms with Crippen LogP contribution in [0.25, 0.3) is 0 Å². The molecule has 2 aromatic rings. The first-order chi connectivity index (χ1) is 11.9. The van der Waals surface area contributed by atoms with Gasteiger partial charge < -0.3 is 21.1 Å². The van der Waals surface area contributed by atoms with E-state index in [1.807, 2.05) is 0 Å². The number of anilines is 4. The van der Waals surface area contributed by atoms with Crippen molar-refractivity contribution in [1.82, 2.24) is 9.97 Å². The van der Waals surface area contributed by atoms with Crippen molar-refractivity contribution in [3.05, 3.63) is 36.2 Å². The first-order valence-corrected chi connectivity index (χ1v) is 7.84. The molecular formula is C16H18F3N5O. The number of nitrogens with two attached hydrogens (primary N) is 1. The number of rotatable bonds is 5. The third-order valence-corrected chi connectivity index (χ3v) is 3.89. The van der Waals surface area contributed by atoms with Crippen LogP contribution >= 0.6 is 0 Å². The maximum absolute atomic E-state index is 13.1. The Morgan fingerprint density at radius 3 is 2.68 bits per heavy atom. The van der Waals surface area contributed by atoms with Crippen molar-refractivity contribution in [3.63, 3.8) is 0 Å². The van der Waals surface area contributed by atoms with Crippen molar-refractivity contribution in [2.45, 2.75) is 25.1 Å². The van der Waals surface area contributed by atoms with Crippen LogP contribution in [0, 0.1) is 0 Å². The van der Waals surface area contributed by atoms with E-state index in [9.17, 15) is 13.2 Å². The Kier molecular flexibility index (Phi) is 4.93. The number of benzene rings is 1. The summed E-state index contributed by atoms with van der Waals surface area (Å²) in [5.41, 5.74) is 5.24. The molecule has 3 rings (SSSR count). The second-order valence-corrected chi connectivity index (χ2v) is 5.67.